The molecule has 6 nitrogen and oxygen atoms in total. The molecule has 1 aromatic heterocycles. The highest BCUT2D eigenvalue weighted by Crippen LogP contribution is 2.19. The lowest BCUT2D eigenvalue weighted by Gasteiger charge is -2.28. The van der Waals surface area contributed by atoms with Gasteiger partial charge >= 0.3 is 0 Å². The van der Waals surface area contributed by atoms with Gasteiger partial charge in [0, 0.05) is 26.2 Å². The van der Waals surface area contributed by atoms with Crippen LogP contribution in [0.1, 0.15) is 0 Å². The maximum Gasteiger partial charge on any atom is 0.232 e. The van der Waals surface area contributed by atoms with E-state index in [2.05, 4.69) is 25.5 Å². The minimum atomic E-state index is 0.382. The summed E-state index contributed by atoms with van der Waals surface area (Å²) in [6, 6.07) is 1.74. The minimum absolute atomic E-state index is 0.382. The van der Waals surface area contributed by atoms with Crippen molar-refractivity contribution in [1.29, 1.82) is 0 Å². The second kappa shape index (κ2) is 6.12. The van der Waals surface area contributed by atoms with Gasteiger partial charge in [-0.15, -0.1) is 0 Å². The molecule has 8 heteroatoms. The number of aromatic nitrogens is 2. The molecule has 2 N–H and O–H groups in total. The molecular formula is C10H14ClN5OS. The van der Waals surface area contributed by atoms with Gasteiger partial charge in [-0.2, -0.15) is 4.98 Å². The zero-order valence-electron chi connectivity index (χ0n) is 9.94. The highest BCUT2D eigenvalue weighted by molar-refractivity contribution is 7.80. The Bertz CT molecular complexity index is 438. The van der Waals surface area contributed by atoms with E-state index in [1.165, 1.54) is 0 Å². The van der Waals surface area contributed by atoms with Gasteiger partial charge in [-0.3, -0.25) is 0 Å². The summed E-state index contributed by atoms with van der Waals surface area (Å²) in [4.78, 5) is 10.6. The van der Waals surface area contributed by atoms with Crippen molar-refractivity contribution < 1.29 is 4.74 Å². The second-order valence-electron chi connectivity index (χ2n) is 3.68. The van der Waals surface area contributed by atoms with E-state index in [0.717, 1.165) is 18.9 Å². The SMILES string of the molecule is CNC(=S)Nc1nc(Cl)cc(N2CCOCC2)n1. The lowest BCUT2D eigenvalue weighted by Crippen LogP contribution is -2.37. The van der Waals surface area contributed by atoms with E-state index in [1.807, 2.05) is 0 Å². The molecule has 2 heterocycles. The zero-order chi connectivity index (χ0) is 13.0. The van der Waals surface area contributed by atoms with E-state index in [-0.39, 0.29) is 0 Å². The van der Waals surface area contributed by atoms with Crippen molar-refractivity contribution in [3.05, 3.63) is 11.2 Å². The van der Waals surface area contributed by atoms with E-state index >= 15 is 0 Å². The fourth-order valence-electron chi connectivity index (χ4n) is 1.58. The predicted molar refractivity (Wildman–Crippen MR) is 75.4 cm³/mol. The van der Waals surface area contributed by atoms with Crippen molar-refractivity contribution in [2.75, 3.05) is 43.6 Å². The average Bonchev–Trinajstić information content (AvgIpc) is 2.39. The molecule has 1 aromatic rings. The van der Waals surface area contributed by atoms with Crippen LogP contribution >= 0.6 is 23.8 Å². The van der Waals surface area contributed by atoms with Crippen LogP contribution in [0.25, 0.3) is 0 Å². The van der Waals surface area contributed by atoms with Crippen molar-refractivity contribution >= 4 is 40.7 Å². The normalized spacial score (nSPS) is 15.3. The third-order valence-corrected chi connectivity index (χ3v) is 2.97. The number of rotatable bonds is 2. The topological polar surface area (TPSA) is 62.3 Å². The zero-order valence-corrected chi connectivity index (χ0v) is 11.5. The Morgan fingerprint density at radius 1 is 1.44 bits per heavy atom. The van der Waals surface area contributed by atoms with Crippen LogP contribution in [0.15, 0.2) is 6.07 Å². The second-order valence-corrected chi connectivity index (χ2v) is 4.47. The maximum atomic E-state index is 5.98. The lowest BCUT2D eigenvalue weighted by molar-refractivity contribution is 0.122. The van der Waals surface area contributed by atoms with E-state index < -0.39 is 0 Å². The van der Waals surface area contributed by atoms with Gasteiger partial charge in [0.15, 0.2) is 5.11 Å². The third kappa shape index (κ3) is 3.41. The van der Waals surface area contributed by atoms with E-state index in [1.54, 1.807) is 13.1 Å². The summed E-state index contributed by atoms with van der Waals surface area (Å²) in [5, 5.41) is 6.49. The van der Waals surface area contributed by atoms with Crippen molar-refractivity contribution in [1.82, 2.24) is 15.3 Å². The Labute approximate surface area is 116 Å². The Morgan fingerprint density at radius 3 is 2.83 bits per heavy atom. The summed E-state index contributed by atoms with van der Waals surface area (Å²) in [5.41, 5.74) is 0. The molecule has 98 valence electrons. The summed E-state index contributed by atoms with van der Waals surface area (Å²) in [6.45, 7) is 2.98. The molecule has 0 radical (unpaired) electrons. The van der Waals surface area contributed by atoms with Gasteiger partial charge in [0.05, 0.1) is 13.2 Å². The van der Waals surface area contributed by atoms with E-state index in [9.17, 15) is 0 Å². The number of hydrogen-bond donors (Lipinski definition) is 2. The number of halogens is 1. The van der Waals surface area contributed by atoms with Crippen LogP contribution in [0.4, 0.5) is 11.8 Å². The van der Waals surface area contributed by atoms with Gasteiger partial charge in [0.25, 0.3) is 0 Å². The molecule has 0 atom stereocenters. The maximum absolute atomic E-state index is 5.98. The Morgan fingerprint density at radius 2 is 2.17 bits per heavy atom. The molecule has 1 fully saturated rings. The monoisotopic (exact) mass is 287 g/mol. The minimum Gasteiger partial charge on any atom is -0.378 e. The molecular weight excluding hydrogens is 274 g/mol. The number of ether oxygens (including phenoxy) is 1. The molecule has 18 heavy (non-hydrogen) atoms. The van der Waals surface area contributed by atoms with Crippen LogP contribution in [0, 0.1) is 0 Å². The van der Waals surface area contributed by atoms with Crippen molar-refractivity contribution in [3.63, 3.8) is 0 Å². The first kappa shape index (κ1) is 13.3. The van der Waals surface area contributed by atoms with Crippen molar-refractivity contribution in [2.24, 2.45) is 0 Å². The predicted octanol–water partition coefficient (Wildman–Crippen LogP) is 0.883. The molecule has 0 spiro atoms. The highest BCUT2D eigenvalue weighted by atomic mass is 35.5. The largest absolute Gasteiger partial charge is 0.378 e. The number of nitrogens with zero attached hydrogens (tertiary/aromatic N) is 3. The van der Waals surface area contributed by atoms with Crippen LogP contribution in [-0.2, 0) is 4.74 Å². The number of anilines is 2. The summed E-state index contributed by atoms with van der Waals surface area (Å²) in [6.07, 6.45) is 0. The molecule has 0 aromatic carbocycles. The Hall–Kier alpha value is -1.18. The highest BCUT2D eigenvalue weighted by Gasteiger charge is 2.14. The van der Waals surface area contributed by atoms with Crippen LogP contribution in [0.3, 0.4) is 0 Å². The summed E-state index contributed by atoms with van der Waals surface area (Å²) in [5.74, 6) is 1.17. The summed E-state index contributed by atoms with van der Waals surface area (Å²) < 4.78 is 5.30. The van der Waals surface area contributed by atoms with Crippen LogP contribution in [-0.4, -0.2) is 48.4 Å². The lowest BCUT2D eigenvalue weighted by atomic mass is 10.4. The van der Waals surface area contributed by atoms with E-state index in [4.69, 9.17) is 28.6 Å². The summed E-state index contributed by atoms with van der Waals surface area (Å²) >= 11 is 11.0. The molecule has 1 aliphatic rings. The van der Waals surface area contributed by atoms with Crippen LogP contribution < -0.4 is 15.5 Å². The quantitative estimate of drug-likeness (QED) is 0.618. The fraction of sp³-hybridized carbons (Fsp3) is 0.500. The van der Waals surface area contributed by atoms with Crippen molar-refractivity contribution in [3.8, 4) is 0 Å². The van der Waals surface area contributed by atoms with Gasteiger partial charge in [0.1, 0.15) is 11.0 Å². The average molecular weight is 288 g/mol. The molecule has 0 saturated carbocycles. The first-order valence-electron chi connectivity index (χ1n) is 5.55. The molecule has 1 aliphatic heterocycles. The van der Waals surface area contributed by atoms with Gasteiger partial charge in [-0.1, -0.05) is 11.6 Å². The van der Waals surface area contributed by atoms with Gasteiger partial charge in [0.2, 0.25) is 5.95 Å². The molecule has 0 unspecified atom stereocenters. The molecule has 0 bridgehead atoms. The van der Waals surface area contributed by atoms with Crippen molar-refractivity contribution in [2.45, 2.75) is 0 Å². The van der Waals surface area contributed by atoms with E-state index in [0.29, 0.717) is 29.4 Å². The van der Waals surface area contributed by atoms with Crippen LogP contribution in [0.5, 0.6) is 0 Å². The molecule has 0 aliphatic carbocycles. The number of nitrogens with one attached hydrogen (secondary N) is 2. The Kier molecular flexibility index (Phi) is 4.51. The van der Waals surface area contributed by atoms with Gasteiger partial charge in [-0.25, -0.2) is 4.98 Å². The first-order chi connectivity index (χ1) is 8.69. The smallest absolute Gasteiger partial charge is 0.232 e. The first-order valence-corrected chi connectivity index (χ1v) is 6.33. The number of thiocarbonyl (C=S) groups is 1. The van der Waals surface area contributed by atoms with Crippen LogP contribution in [0.2, 0.25) is 5.15 Å². The fourth-order valence-corrected chi connectivity index (χ4v) is 1.85. The standard InChI is InChI=1S/C10H14ClN5OS/c1-12-10(18)15-9-13-7(11)6-8(14-9)16-2-4-17-5-3-16/h6H,2-5H2,1H3,(H2,12,13,14,15,18). The van der Waals surface area contributed by atoms with Gasteiger partial charge in [-0.05, 0) is 12.2 Å². The number of morpholine rings is 1. The van der Waals surface area contributed by atoms with Gasteiger partial charge < -0.3 is 20.3 Å². The molecule has 0 amide bonds. The Balaban J connectivity index is 2.17. The molecule has 1 saturated heterocycles. The molecule has 2 rings (SSSR count). The number of hydrogen-bond acceptors (Lipinski definition) is 5. The third-order valence-electron chi connectivity index (χ3n) is 2.47. The summed E-state index contributed by atoms with van der Waals surface area (Å²) in [7, 11) is 1.72.